The van der Waals surface area contributed by atoms with Crippen LogP contribution in [0.1, 0.15) is 0 Å². The minimum Gasteiger partial charge on any atom is -0.433 e. The molecule has 2 nitrogen and oxygen atoms in total. The first-order chi connectivity index (χ1) is 12.9. The van der Waals surface area contributed by atoms with Crippen LogP contribution < -0.4 is 15.6 Å². The van der Waals surface area contributed by atoms with E-state index in [1.807, 2.05) is 0 Å². The summed E-state index contributed by atoms with van der Waals surface area (Å²) in [6.45, 7) is 9.02. The standard InChI is InChI=1S/C22H28O2Si3/c1-25(2)23-27(21-16-10-6-11-17-21,22-18-12-7-13-19-22)24-26(3,4)20-14-8-5-9-15-20/h5-19,25H,1-4H3. The van der Waals surface area contributed by atoms with Crippen LogP contribution in [0.2, 0.25) is 26.2 Å². The summed E-state index contributed by atoms with van der Waals surface area (Å²) in [4.78, 5) is 0. The van der Waals surface area contributed by atoms with E-state index in [1.165, 1.54) is 15.6 Å². The Bertz CT molecular complexity index is 798. The molecule has 140 valence electrons. The Hall–Kier alpha value is -1.77. The fourth-order valence-electron chi connectivity index (χ4n) is 3.35. The highest BCUT2D eigenvalue weighted by Crippen LogP contribution is 2.18. The van der Waals surface area contributed by atoms with Gasteiger partial charge in [-0.2, -0.15) is 0 Å². The number of hydrogen-bond acceptors (Lipinski definition) is 2. The highest BCUT2D eigenvalue weighted by Gasteiger charge is 2.47. The second kappa shape index (κ2) is 8.50. The first-order valence-corrected chi connectivity index (χ1v) is 17.0. The van der Waals surface area contributed by atoms with Crippen LogP contribution in [0.25, 0.3) is 0 Å². The molecule has 0 spiro atoms. The molecule has 0 aliphatic rings. The number of benzene rings is 3. The Labute approximate surface area is 166 Å². The van der Waals surface area contributed by atoms with E-state index in [4.69, 9.17) is 8.23 Å². The average molecular weight is 409 g/mol. The van der Waals surface area contributed by atoms with Crippen molar-refractivity contribution in [3.8, 4) is 0 Å². The molecule has 0 aliphatic carbocycles. The van der Waals surface area contributed by atoms with Crippen LogP contribution in [0.5, 0.6) is 0 Å². The highest BCUT2D eigenvalue weighted by molar-refractivity contribution is 7.03. The van der Waals surface area contributed by atoms with Crippen molar-refractivity contribution in [2.45, 2.75) is 26.2 Å². The highest BCUT2D eigenvalue weighted by atomic mass is 28.5. The van der Waals surface area contributed by atoms with Crippen LogP contribution in [-0.4, -0.2) is 25.9 Å². The van der Waals surface area contributed by atoms with Gasteiger partial charge in [-0.1, -0.05) is 91.0 Å². The lowest BCUT2D eigenvalue weighted by molar-refractivity contribution is 0.426. The van der Waals surface area contributed by atoms with Crippen molar-refractivity contribution < 1.29 is 8.23 Å². The van der Waals surface area contributed by atoms with Crippen molar-refractivity contribution >= 4 is 41.5 Å². The predicted octanol–water partition coefficient (Wildman–Crippen LogP) is 3.37. The van der Waals surface area contributed by atoms with Gasteiger partial charge in [0.2, 0.25) is 8.32 Å². The smallest absolute Gasteiger partial charge is 0.386 e. The summed E-state index contributed by atoms with van der Waals surface area (Å²) < 4.78 is 14.0. The minimum absolute atomic E-state index is 1.19. The summed E-state index contributed by atoms with van der Waals surface area (Å²) in [6.07, 6.45) is 0. The average Bonchev–Trinajstić information content (AvgIpc) is 2.69. The molecule has 0 amide bonds. The molecule has 0 saturated heterocycles. The molecular weight excluding hydrogens is 380 g/mol. The van der Waals surface area contributed by atoms with Crippen LogP contribution in [0.4, 0.5) is 0 Å². The molecule has 0 aromatic heterocycles. The van der Waals surface area contributed by atoms with E-state index in [1.54, 1.807) is 0 Å². The fourth-order valence-corrected chi connectivity index (χ4v) is 14.6. The molecule has 0 unspecified atom stereocenters. The van der Waals surface area contributed by atoms with E-state index in [9.17, 15) is 0 Å². The zero-order valence-corrected chi connectivity index (χ0v) is 19.7. The van der Waals surface area contributed by atoms with E-state index in [0.717, 1.165) is 0 Å². The molecule has 27 heavy (non-hydrogen) atoms. The molecule has 3 aromatic rings. The minimum atomic E-state index is -2.81. The summed E-state index contributed by atoms with van der Waals surface area (Å²) in [6, 6.07) is 31.8. The van der Waals surface area contributed by atoms with Crippen LogP contribution in [0, 0.1) is 0 Å². The maximum atomic E-state index is 7.18. The summed E-state index contributed by atoms with van der Waals surface area (Å²) in [5.41, 5.74) is 0. The molecule has 0 radical (unpaired) electrons. The van der Waals surface area contributed by atoms with Gasteiger partial charge in [0.1, 0.15) is 0 Å². The van der Waals surface area contributed by atoms with E-state index in [2.05, 4.69) is 117 Å². The molecule has 5 heteroatoms. The fraction of sp³-hybridized carbons (Fsp3) is 0.182. The molecule has 0 atom stereocenters. The molecule has 0 bridgehead atoms. The van der Waals surface area contributed by atoms with Gasteiger partial charge in [-0.15, -0.1) is 0 Å². The van der Waals surface area contributed by atoms with Crippen molar-refractivity contribution in [2.24, 2.45) is 0 Å². The van der Waals surface area contributed by atoms with Gasteiger partial charge < -0.3 is 8.23 Å². The zero-order chi connectivity index (χ0) is 19.3. The van der Waals surface area contributed by atoms with Gasteiger partial charge in [-0.3, -0.25) is 0 Å². The van der Waals surface area contributed by atoms with Crippen molar-refractivity contribution in [1.29, 1.82) is 0 Å². The summed E-state index contributed by atoms with van der Waals surface area (Å²) in [5, 5.41) is 3.67. The van der Waals surface area contributed by atoms with Gasteiger partial charge in [-0.05, 0) is 41.7 Å². The van der Waals surface area contributed by atoms with Crippen LogP contribution in [-0.2, 0) is 8.23 Å². The maximum absolute atomic E-state index is 7.18. The monoisotopic (exact) mass is 408 g/mol. The molecule has 0 aliphatic heterocycles. The second-order valence-electron chi connectivity index (χ2n) is 7.49. The lowest BCUT2D eigenvalue weighted by atomic mass is 10.4. The third-order valence-corrected chi connectivity index (χ3v) is 14.9. The third kappa shape index (κ3) is 4.56. The predicted molar refractivity (Wildman–Crippen MR) is 123 cm³/mol. The topological polar surface area (TPSA) is 18.5 Å². The SMILES string of the molecule is C[SiH](C)O[Si](O[Si](C)(C)c1ccccc1)(c1ccccc1)c1ccccc1. The molecule has 0 fully saturated rings. The molecule has 0 heterocycles. The Morgan fingerprint density at radius 1 is 0.593 bits per heavy atom. The lowest BCUT2D eigenvalue weighted by Crippen LogP contribution is -2.70. The zero-order valence-electron chi connectivity index (χ0n) is 16.6. The number of hydrogen-bond donors (Lipinski definition) is 0. The summed E-state index contributed by atoms with van der Waals surface area (Å²) in [7, 11) is -6.35. The molecule has 3 rings (SSSR count). The van der Waals surface area contributed by atoms with E-state index in [0.29, 0.717) is 0 Å². The normalized spacial score (nSPS) is 12.3. The Morgan fingerprint density at radius 3 is 1.33 bits per heavy atom. The van der Waals surface area contributed by atoms with Crippen molar-refractivity contribution in [2.75, 3.05) is 0 Å². The largest absolute Gasteiger partial charge is 0.433 e. The van der Waals surface area contributed by atoms with E-state index < -0.39 is 25.9 Å². The van der Waals surface area contributed by atoms with Gasteiger partial charge in [-0.25, -0.2) is 0 Å². The Balaban J connectivity index is 2.17. The second-order valence-corrected chi connectivity index (χ2v) is 17.3. The molecular formula is C22H28O2Si3. The van der Waals surface area contributed by atoms with E-state index in [-0.39, 0.29) is 0 Å². The van der Waals surface area contributed by atoms with Gasteiger partial charge >= 0.3 is 8.56 Å². The quantitative estimate of drug-likeness (QED) is 0.558. The molecule has 0 saturated carbocycles. The van der Waals surface area contributed by atoms with E-state index >= 15 is 0 Å². The Kier molecular flexibility index (Phi) is 6.29. The molecule has 0 N–H and O–H groups in total. The van der Waals surface area contributed by atoms with Gasteiger partial charge in [0.05, 0.1) is 0 Å². The van der Waals surface area contributed by atoms with Crippen molar-refractivity contribution in [3.63, 3.8) is 0 Å². The van der Waals surface area contributed by atoms with Crippen LogP contribution >= 0.6 is 0 Å². The first-order valence-electron chi connectivity index (χ1n) is 9.48. The third-order valence-electron chi connectivity index (χ3n) is 4.58. The van der Waals surface area contributed by atoms with Crippen LogP contribution in [0.15, 0.2) is 91.0 Å². The van der Waals surface area contributed by atoms with Gasteiger partial charge in [0.15, 0.2) is 9.04 Å². The first kappa shape index (κ1) is 20.0. The van der Waals surface area contributed by atoms with Gasteiger partial charge in [0, 0.05) is 0 Å². The lowest BCUT2D eigenvalue weighted by Gasteiger charge is -2.40. The Morgan fingerprint density at radius 2 is 0.963 bits per heavy atom. The summed E-state index contributed by atoms with van der Waals surface area (Å²) >= 11 is 0. The van der Waals surface area contributed by atoms with Gasteiger partial charge in [0.25, 0.3) is 0 Å². The molecule has 3 aromatic carbocycles. The maximum Gasteiger partial charge on any atom is 0.386 e. The van der Waals surface area contributed by atoms with Crippen molar-refractivity contribution in [3.05, 3.63) is 91.0 Å². The summed E-state index contributed by atoms with van der Waals surface area (Å²) in [5.74, 6) is 0. The van der Waals surface area contributed by atoms with Crippen molar-refractivity contribution in [1.82, 2.24) is 0 Å². The van der Waals surface area contributed by atoms with Crippen LogP contribution in [0.3, 0.4) is 0 Å². The number of rotatable bonds is 7.